The molecule has 1 amide bonds. The number of carbonyl (C=O) groups excluding carboxylic acids is 1. The highest BCUT2D eigenvalue weighted by atomic mass is 16.3. The van der Waals surface area contributed by atoms with E-state index in [9.17, 15) is 15.0 Å². The van der Waals surface area contributed by atoms with E-state index < -0.39 is 18.1 Å². The summed E-state index contributed by atoms with van der Waals surface area (Å²) >= 11 is 0. The Morgan fingerprint density at radius 2 is 2.21 bits per heavy atom. The second kappa shape index (κ2) is 4.17. The second-order valence-electron chi connectivity index (χ2n) is 3.02. The standard InChI is InChI=1S/C9H12N2O3/c1-5-4-6(2-3-11-5)7(12)8(13)9(10)14/h2-4,7-8,12-13H,1H3,(H2,10,14). The van der Waals surface area contributed by atoms with Crippen molar-refractivity contribution < 1.29 is 15.0 Å². The molecule has 76 valence electrons. The van der Waals surface area contributed by atoms with Gasteiger partial charge >= 0.3 is 0 Å². The number of carbonyl (C=O) groups is 1. The van der Waals surface area contributed by atoms with E-state index in [2.05, 4.69) is 4.98 Å². The number of rotatable bonds is 3. The summed E-state index contributed by atoms with van der Waals surface area (Å²) in [6.45, 7) is 1.74. The topological polar surface area (TPSA) is 96.4 Å². The van der Waals surface area contributed by atoms with Gasteiger partial charge in [0.05, 0.1) is 0 Å². The molecule has 0 aliphatic rings. The smallest absolute Gasteiger partial charge is 0.249 e. The number of aryl methyl sites for hydroxylation is 1. The first-order valence-corrected chi connectivity index (χ1v) is 4.10. The molecule has 1 heterocycles. The molecule has 0 saturated heterocycles. The molecule has 1 rings (SSSR count). The molecule has 1 aromatic rings. The van der Waals surface area contributed by atoms with Crippen LogP contribution in [0, 0.1) is 6.92 Å². The lowest BCUT2D eigenvalue weighted by molar-refractivity contribution is -0.131. The van der Waals surface area contributed by atoms with Crippen molar-refractivity contribution in [2.24, 2.45) is 5.73 Å². The summed E-state index contributed by atoms with van der Waals surface area (Å²) in [5.41, 5.74) is 5.96. The first-order valence-electron chi connectivity index (χ1n) is 4.10. The maximum Gasteiger partial charge on any atom is 0.249 e. The zero-order chi connectivity index (χ0) is 10.7. The Labute approximate surface area is 81.2 Å². The molecule has 2 atom stereocenters. The van der Waals surface area contributed by atoms with Crippen molar-refractivity contribution in [3.63, 3.8) is 0 Å². The van der Waals surface area contributed by atoms with E-state index in [4.69, 9.17) is 5.73 Å². The molecule has 0 aliphatic carbocycles. The molecule has 0 saturated carbocycles. The Kier molecular flexibility index (Phi) is 3.16. The van der Waals surface area contributed by atoms with E-state index in [1.54, 1.807) is 13.0 Å². The maximum atomic E-state index is 10.6. The van der Waals surface area contributed by atoms with Crippen LogP contribution in [0.3, 0.4) is 0 Å². The number of aliphatic hydroxyl groups is 2. The molecule has 14 heavy (non-hydrogen) atoms. The largest absolute Gasteiger partial charge is 0.385 e. The molecule has 0 fully saturated rings. The van der Waals surface area contributed by atoms with E-state index in [0.717, 1.165) is 0 Å². The van der Waals surface area contributed by atoms with Crippen molar-refractivity contribution in [3.8, 4) is 0 Å². The van der Waals surface area contributed by atoms with Gasteiger partial charge in [0.15, 0.2) is 6.10 Å². The summed E-state index contributed by atoms with van der Waals surface area (Å²) in [7, 11) is 0. The highest BCUT2D eigenvalue weighted by molar-refractivity contribution is 5.79. The number of amides is 1. The van der Waals surface area contributed by atoms with Gasteiger partial charge in [-0.05, 0) is 24.6 Å². The van der Waals surface area contributed by atoms with Gasteiger partial charge in [0.25, 0.3) is 0 Å². The van der Waals surface area contributed by atoms with Crippen LogP contribution in [0.25, 0.3) is 0 Å². The van der Waals surface area contributed by atoms with Crippen LogP contribution in [0.4, 0.5) is 0 Å². The summed E-state index contributed by atoms with van der Waals surface area (Å²) in [5, 5.41) is 18.7. The van der Waals surface area contributed by atoms with E-state index >= 15 is 0 Å². The third-order valence-corrected chi connectivity index (χ3v) is 1.85. The summed E-state index contributed by atoms with van der Waals surface area (Å²) in [6, 6.07) is 3.10. The first-order chi connectivity index (χ1) is 6.52. The lowest BCUT2D eigenvalue weighted by Gasteiger charge is -2.14. The van der Waals surface area contributed by atoms with E-state index in [1.807, 2.05) is 0 Å². The van der Waals surface area contributed by atoms with Gasteiger partial charge in [-0.2, -0.15) is 0 Å². The van der Waals surface area contributed by atoms with Crippen LogP contribution < -0.4 is 5.73 Å². The normalized spacial score (nSPS) is 14.8. The van der Waals surface area contributed by atoms with Crippen LogP contribution in [-0.4, -0.2) is 27.2 Å². The van der Waals surface area contributed by atoms with Crippen molar-refractivity contribution in [2.75, 3.05) is 0 Å². The van der Waals surface area contributed by atoms with Crippen molar-refractivity contribution >= 4 is 5.91 Å². The number of primary amides is 1. The van der Waals surface area contributed by atoms with Gasteiger partial charge in [-0.25, -0.2) is 0 Å². The van der Waals surface area contributed by atoms with Gasteiger partial charge in [-0.3, -0.25) is 9.78 Å². The Balaban J connectivity index is 2.89. The Morgan fingerprint density at radius 1 is 1.57 bits per heavy atom. The minimum absolute atomic E-state index is 0.420. The lowest BCUT2D eigenvalue weighted by atomic mass is 10.0. The minimum Gasteiger partial charge on any atom is -0.385 e. The van der Waals surface area contributed by atoms with Crippen molar-refractivity contribution in [1.82, 2.24) is 4.98 Å². The molecule has 0 aromatic carbocycles. The summed E-state index contributed by atoms with van der Waals surface area (Å²) < 4.78 is 0. The molecule has 5 nitrogen and oxygen atoms in total. The Morgan fingerprint density at radius 3 is 2.71 bits per heavy atom. The number of nitrogens with zero attached hydrogens (tertiary/aromatic N) is 1. The van der Waals surface area contributed by atoms with Gasteiger partial charge in [0, 0.05) is 11.9 Å². The van der Waals surface area contributed by atoms with Gasteiger partial charge in [0.1, 0.15) is 6.10 Å². The zero-order valence-electron chi connectivity index (χ0n) is 7.71. The fourth-order valence-corrected chi connectivity index (χ4v) is 1.09. The SMILES string of the molecule is Cc1cc(C(O)C(O)C(N)=O)ccn1. The van der Waals surface area contributed by atoms with Crippen LogP contribution in [0.5, 0.6) is 0 Å². The summed E-state index contributed by atoms with van der Waals surface area (Å²) in [4.78, 5) is 14.5. The summed E-state index contributed by atoms with van der Waals surface area (Å²) in [6.07, 6.45) is -1.40. The number of aromatic nitrogens is 1. The molecule has 0 spiro atoms. The number of nitrogens with two attached hydrogens (primary N) is 1. The maximum absolute atomic E-state index is 10.6. The predicted octanol–water partition coefficient (Wildman–Crippen LogP) is -0.730. The number of pyridine rings is 1. The fourth-order valence-electron chi connectivity index (χ4n) is 1.09. The fraction of sp³-hybridized carbons (Fsp3) is 0.333. The van der Waals surface area contributed by atoms with E-state index in [0.29, 0.717) is 11.3 Å². The predicted molar refractivity (Wildman–Crippen MR) is 49.1 cm³/mol. The third-order valence-electron chi connectivity index (χ3n) is 1.85. The third kappa shape index (κ3) is 2.27. The van der Waals surface area contributed by atoms with Crippen LogP contribution in [-0.2, 0) is 4.79 Å². The molecule has 4 N–H and O–H groups in total. The molecule has 5 heteroatoms. The van der Waals surface area contributed by atoms with Crippen LogP contribution >= 0.6 is 0 Å². The van der Waals surface area contributed by atoms with Crippen molar-refractivity contribution in [3.05, 3.63) is 29.6 Å². The number of hydrogen-bond acceptors (Lipinski definition) is 4. The minimum atomic E-state index is -1.59. The van der Waals surface area contributed by atoms with E-state index in [-0.39, 0.29) is 0 Å². The molecule has 1 aromatic heterocycles. The Bertz CT molecular complexity index is 341. The van der Waals surface area contributed by atoms with Crippen molar-refractivity contribution in [2.45, 2.75) is 19.1 Å². The number of aliphatic hydroxyl groups excluding tert-OH is 2. The monoisotopic (exact) mass is 196 g/mol. The number of hydrogen-bond donors (Lipinski definition) is 3. The quantitative estimate of drug-likeness (QED) is 0.593. The molecule has 0 aliphatic heterocycles. The lowest BCUT2D eigenvalue weighted by Crippen LogP contribution is -2.33. The molecular weight excluding hydrogens is 184 g/mol. The van der Waals surface area contributed by atoms with Gasteiger partial charge < -0.3 is 15.9 Å². The Hall–Kier alpha value is -1.46. The second-order valence-corrected chi connectivity index (χ2v) is 3.02. The average molecular weight is 196 g/mol. The molecular formula is C9H12N2O3. The van der Waals surface area contributed by atoms with Gasteiger partial charge in [-0.1, -0.05) is 0 Å². The first kappa shape index (κ1) is 10.6. The molecule has 0 bridgehead atoms. The van der Waals surface area contributed by atoms with Crippen molar-refractivity contribution in [1.29, 1.82) is 0 Å². The van der Waals surface area contributed by atoms with Gasteiger partial charge in [0.2, 0.25) is 5.91 Å². The van der Waals surface area contributed by atoms with Crippen LogP contribution in [0.2, 0.25) is 0 Å². The highest BCUT2D eigenvalue weighted by Crippen LogP contribution is 2.16. The highest BCUT2D eigenvalue weighted by Gasteiger charge is 2.23. The average Bonchev–Trinajstić information content (AvgIpc) is 2.15. The van der Waals surface area contributed by atoms with E-state index in [1.165, 1.54) is 12.3 Å². The van der Waals surface area contributed by atoms with Crippen LogP contribution in [0.15, 0.2) is 18.3 Å². The van der Waals surface area contributed by atoms with Crippen LogP contribution in [0.1, 0.15) is 17.4 Å². The zero-order valence-corrected chi connectivity index (χ0v) is 7.71. The van der Waals surface area contributed by atoms with Gasteiger partial charge in [-0.15, -0.1) is 0 Å². The molecule has 2 unspecified atom stereocenters. The summed E-state index contributed by atoms with van der Waals surface area (Å²) in [5.74, 6) is -0.952. The molecule has 0 radical (unpaired) electrons.